The molecule has 0 saturated carbocycles. The predicted octanol–water partition coefficient (Wildman–Crippen LogP) is 2.64. The number of carbonyl (C=O) groups is 1. The molecule has 0 unspecified atom stereocenters. The number of halogens is 3. The monoisotopic (exact) mass is 260 g/mol. The third kappa shape index (κ3) is 4.27. The fourth-order valence-electron chi connectivity index (χ4n) is 1.39. The van der Waals surface area contributed by atoms with E-state index >= 15 is 0 Å². The van der Waals surface area contributed by atoms with Gasteiger partial charge in [-0.05, 0) is 18.6 Å². The number of benzene rings is 1. The number of amides is 1. The summed E-state index contributed by atoms with van der Waals surface area (Å²) in [7, 11) is 0. The number of carbonyl (C=O) groups excluding carboxylic acids is 1. The molecule has 0 saturated heterocycles. The van der Waals surface area contributed by atoms with Crippen LogP contribution in [-0.2, 0) is 11.0 Å². The highest BCUT2D eigenvalue weighted by molar-refractivity contribution is 5.80. The lowest BCUT2D eigenvalue weighted by Crippen LogP contribution is -2.30. The second-order valence-corrected chi connectivity index (χ2v) is 3.75. The van der Waals surface area contributed by atoms with E-state index in [-0.39, 0.29) is 18.1 Å². The number of alkyl halides is 3. The molecule has 1 rings (SSSR count). The largest absolute Gasteiger partial charge is 0.418 e. The molecule has 0 aliphatic heterocycles. The van der Waals surface area contributed by atoms with E-state index in [9.17, 15) is 18.0 Å². The molecule has 3 nitrogen and oxygen atoms in total. The van der Waals surface area contributed by atoms with Crippen LogP contribution in [0, 0.1) is 0 Å². The van der Waals surface area contributed by atoms with E-state index in [0.717, 1.165) is 12.5 Å². The Bertz CT molecular complexity index is 405. The van der Waals surface area contributed by atoms with Crippen LogP contribution in [0.25, 0.3) is 0 Å². The van der Waals surface area contributed by atoms with Gasteiger partial charge in [0, 0.05) is 12.2 Å². The summed E-state index contributed by atoms with van der Waals surface area (Å²) in [6, 6.07) is 5.08. The van der Waals surface area contributed by atoms with Gasteiger partial charge in [-0.1, -0.05) is 19.1 Å². The van der Waals surface area contributed by atoms with Crippen molar-refractivity contribution in [1.29, 1.82) is 0 Å². The van der Waals surface area contributed by atoms with Gasteiger partial charge in [-0.25, -0.2) is 0 Å². The summed E-state index contributed by atoms with van der Waals surface area (Å²) in [5.41, 5.74) is -0.857. The molecule has 0 aliphatic carbocycles. The van der Waals surface area contributed by atoms with Crippen molar-refractivity contribution in [3.8, 4) is 0 Å². The summed E-state index contributed by atoms with van der Waals surface area (Å²) in [6.45, 7) is 2.24. The van der Waals surface area contributed by atoms with Gasteiger partial charge >= 0.3 is 6.18 Å². The van der Waals surface area contributed by atoms with Gasteiger partial charge in [0.2, 0.25) is 5.91 Å². The summed E-state index contributed by atoms with van der Waals surface area (Å²) >= 11 is 0. The zero-order chi connectivity index (χ0) is 13.6. The van der Waals surface area contributed by atoms with Crippen LogP contribution in [0.5, 0.6) is 0 Å². The van der Waals surface area contributed by atoms with Crippen LogP contribution < -0.4 is 10.6 Å². The molecule has 0 aliphatic rings. The Morgan fingerprint density at radius 3 is 2.56 bits per heavy atom. The summed E-state index contributed by atoms with van der Waals surface area (Å²) in [6.07, 6.45) is -3.64. The van der Waals surface area contributed by atoms with Crippen LogP contribution in [-0.4, -0.2) is 19.0 Å². The highest BCUT2D eigenvalue weighted by Gasteiger charge is 2.33. The molecule has 18 heavy (non-hydrogen) atoms. The standard InChI is InChI=1S/C12H15F3N2O/c1-2-7-16-11(18)8-17-10-6-4-3-5-9(10)12(13,14)15/h3-6,17H,2,7-8H2,1H3,(H,16,18). The van der Waals surface area contributed by atoms with E-state index in [4.69, 9.17) is 0 Å². The van der Waals surface area contributed by atoms with Crippen LogP contribution in [0.1, 0.15) is 18.9 Å². The van der Waals surface area contributed by atoms with E-state index in [0.29, 0.717) is 6.54 Å². The number of nitrogens with one attached hydrogen (secondary N) is 2. The van der Waals surface area contributed by atoms with Gasteiger partial charge in [0.05, 0.1) is 12.1 Å². The molecule has 1 aromatic rings. The van der Waals surface area contributed by atoms with Gasteiger partial charge in [-0.15, -0.1) is 0 Å². The lowest BCUT2D eigenvalue weighted by Gasteiger charge is -2.14. The fourth-order valence-corrected chi connectivity index (χ4v) is 1.39. The summed E-state index contributed by atoms with van der Waals surface area (Å²) in [5, 5.41) is 5.07. The fraction of sp³-hybridized carbons (Fsp3) is 0.417. The Morgan fingerprint density at radius 2 is 1.94 bits per heavy atom. The minimum absolute atomic E-state index is 0.0864. The van der Waals surface area contributed by atoms with E-state index in [1.807, 2.05) is 6.92 Å². The average molecular weight is 260 g/mol. The molecular formula is C12H15F3N2O. The van der Waals surface area contributed by atoms with Gasteiger partial charge in [0.15, 0.2) is 0 Å². The molecule has 1 amide bonds. The second kappa shape index (κ2) is 6.28. The Kier molecular flexibility index (Phi) is 5.00. The molecule has 0 radical (unpaired) electrons. The molecule has 6 heteroatoms. The zero-order valence-electron chi connectivity index (χ0n) is 9.97. The van der Waals surface area contributed by atoms with Gasteiger partial charge in [-0.3, -0.25) is 4.79 Å². The number of hydrogen-bond acceptors (Lipinski definition) is 2. The van der Waals surface area contributed by atoms with Crippen molar-refractivity contribution >= 4 is 11.6 Å². The number of rotatable bonds is 5. The first kappa shape index (κ1) is 14.3. The van der Waals surface area contributed by atoms with Crippen molar-refractivity contribution in [2.45, 2.75) is 19.5 Å². The first-order chi connectivity index (χ1) is 8.45. The van der Waals surface area contributed by atoms with Crippen molar-refractivity contribution < 1.29 is 18.0 Å². The molecule has 0 fully saturated rings. The minimum Gasteiger partial charge on any atom is -0.376 e. The lowest BCUT2D eigenvalue weighted by molar-refractivity contribution is -0.137. The molecule has 0 heterocycles. The zero-order valence-corrected chi connectivity index (χ0v) is 9.97. The van der Waals surface area contributed by atoms with Crippen molar-refractivity contribution in [3.63, 3.8) is 0 Å². The van der Waals surface area contributed by atoms with E-state index < -0.39 is 11.7 Å². The normalized spacial score (nSPS) is 11.1. The van der Waals surface area contributed by atoms with Crippen molar-refractivity contribution in [2.24, 2.45) is 0 Å². The van der Waals surface area contributed by atoms with Crippen LogP contribution in [0.15, 0.2) is 24.3 Å². The molecule has 0 spiro atoms. The Morgan fingerprint density at radius 1 is 1.28 bits per heavy atom. The second-order valence-electron chi connectivity index (χ2n) is 3.75. The van der Waals surface area contributed by atoms with Gasteiger partial charge < -0.3 is 10.6 Å². The van der Waals surface area contributed by atoms with Crippen LogP contribution in [0.4, 0.5) is 18.9 Å². The smallest absolute Gasteiger partial charge is 0.376 e. The van der Waals surface area contributed by atoms with Gasteiger partial charge in [0.25, 0.3) is 0 Å². The SMILES string of the molecule is CCCNC(=O)CNc1ccccc1C(F)(F)F. The maximum atomic E-state index is 12.6. The molecule has 2 N–H and O–H groups in total. The van der Waals surface area contributed by atoms with Crippen molar-refractivity contribution in [2.75, 3.05) is 18.4 Å². The van der Waals surface area contributed by atoms with Gasteiger partial charge in [0.1, 0.15) is 0 Å². The van der Waals surface area contributed by atoms with Crippen LogP contribution in [0.3, 0.4) is 0 Å². The third-order valence-corrected chi connectivity index (χ3v) is 2.24. The summed E-state index contributed by atoms with van der Waals surface area (Å²) in [4.78, 5) is 11.3. The molecule has 0 bridgehead atoms. The van der Waals surface area contributed by atoms with Gasteiger partial charge in [-0.2, -0.15) is 13.2 Å². The molecular weight excluding hydrogens is 245 g/mol. The number of anilines is 1. The summed E-state index contributed by atoms with van der Waals surface area (Å²) < 4.78 is 37.9. The maximum absolute atomic E-state index is 12.6. The molecule has 0 atom stereocenters. The Balaban J connectivity index is 2.65. The number of para-hydroxylation sites is 1. The summed E-state index contributed by atoms with van der Waals surface area (Å²) in [5.74, 6) is -0.325. The highest BCUT2D eigenvalue weighted by atomic mass is 19.4. The first-order valence-electron chi connectivity index (χ1n) is 5.62. The Labute approximate surface area is 103 Å². The topological polar surface area (TPSA) is 41.1 Å². The average Bonchev–Trinajstić information content (AvgIpc) is 2.33. The predicted molar refractivity (Wildman–Crippen MR) is 63.2 cm³/mol. The minimum atomic E-state index is -4.43. The lowest BCUT2D eigenvalue weighted by atomic mass is 10.1. The van der Waals surface area contributed by atoms with E-state index in [1.165, 1.54) is 18.2 Å². The molecule has 100 valence electrons. The maximum Gasteiger partial charge on any atom is 0.418 e. The number of hydrogen-bond donors (Lipinski definition) is 2. The van der Waals surface area contributed by atoms with Crippen LogP contribution >= 0.6 is 0 Å². The highest BCUT2D eigenvalue weighted by Crippen LogP contribution is 2.34. The van der Waals surface area contributed by atoms with E-state index in [1.54, 1.807) is 0 Å². The quantitative estimate of drug-likeness (QED) is 0.854. The van der Waals surface area contributed by atoms with Crippen molar-refractivity contribution in [1.82, 2.24) is 5.32 Å². The molecule has 0 aromatic heterocycles. The van der Waals surface area contributed by atoms with E-state index in [2.05, 4.69) is 10.6 Å². The molecule has 1 aromatic carbocycles. The third-order valence-electron chi connectivity index (χ3n) is 2.24. The Hall–Kier alpha value is -1.72. The van der Waals surface area contributed by atoms with Crippen molar-refractivity contribution in [3.05, 3.63) is 29.8 Å². The first-order valence-corrected chi connectivity index (χ1v) is 5.62. The van der Waals surface area contributed by atoms with Crippen LogP contribution in [0.2, 0.25) is 0 Å².